The van der Waals surface area contributed by atoms with E-state index in [2.05, 4.69) is 20.1 Å². The molecule has 0 saturated heterocycles. The first-order chi connectivity index (χ1) is 8.47. The summed E-state index contributed by atoms with van der Waals surface area (Å²) in [6, 6.07) is 1.27. The highest BCUT2D eigenvalue weighted by Gasteiger charge is 2.17. The van der Waals surface area contributed by atoms with Crippen LogP contribution >= 0.6 is 0 Å². The van der Waals surface area contributed by atoms with Gasteiger partial charge in [0.15, 0.2) is 5.69 Å². The standard InChI is InChI=1S/C8H6N6O4/c1-4-2-5(6(15)16)11-8(10-4)13-3-9-7(12-13)14(17)18/h2-3H,1H3,(H,15,16). The first kappa shape index (κ1) is 11.6. The molecule has 10 nitrogen and oxygen atoms in total. The van der Waals surface area contributed by atoms with E-state index in [0.717, 1.165) is 11.0 Å². The Kier molecular flexibility index (Phi) is 2.67. The number of aryl methyl sites for hydroxylation is 1. The minimum Gasteiger partial charge on any atom is -0.477 e. The molecule has 0 aliphatic heterocycles. The quantitative estimate of drug-likeness (QED) is 0.592. The van der Waals surface area contributed by atoms with Crippen molar-refractivity contribution in [3.8, 4) is 5.95 Å². The Morgan fingerprint density at radius 1 is 1.50 bits per heavy atom. The Labute approximate surface area is 99.1 Å². The molecule has 10 heteroatoms. The lowest BCUT2D eigenvalue weighted by Crippen LogP contribution is -2.09. The zero-order chi connectivity index (χ0) is 13.3. The van der Waals surface area contributed by atoms with Gasteiger partial charge in [-0.15, -0.1) is 4.68 Å². The number of aromatic nitrogens is 5. The van der Waals surface area contributed by atoms with Crippen LogP contribution in [0.25, 0.3) is 5.95 Å². The summed E-state index contributed by atoms with van der Waals surface area (Å²) in [5.41, 5.74) is 0.172. The van der Waals surface area contributed by atoms with E-state index in [4.69, 9.17) is 5.11 Å². The molecule has 0 bridgehead atoms. The molecular weight excluding hydrogens is 244 g/mol. The van der Waals surface area contributed by atoms with Gasteiger partial charge in [-0.3, -0.25) is 0 Å². The van der Waals surface area contributed by atoms with E-state index in [1.807, 2.05) is 0 Å². The molecule has 2 heterocycles. The van der Waals surface area contributed by atoms with Gasteiger partial charge in [0.05, 0.1) is 0 Å². The maximum absolute atomic E-state index is 10.8. The summed E-state index contributed by atoms with van der Waals surface area (Å²) in [6.45, 7) is 1.57. The molecule has 0 atom stereocenters. The molecule has 0 aliphatic carbocycles. The maximum Gasteiger partial charge on any atom is 0.491 e. The predicted molar refractivity (Wildman–Crippen MR) is 55.3 cm³/mol. The molecule has 0 aromatic carbocycles. The van der Waals surface area contributed by atoms with E-state index in [-0.39, 0.29) is 11.6 Å². The van der Waals surface area contributed by atoms with E-state index >= 15 is 0 Å². The van der Waals surface area contributed by atoms with E-state index in [9.17, 15) is 14.9 Å². The fourth-order valence-corrected chi connectivity index (χ4v) is 1.20. The van der Waals surface area contributed by atoms with Crippen LogP contribution in [0.2, 0.25) is 0 Å². The normalized spacial score (nSPS) is 10.3. The molecule has 2 rings (SSSR count). The second-order valence-electron chi connectivity index (χ2n) is 3.25. The number of carboxylic acid groups (broad SMARTS) is 1. The second kappa shape index (κ2) is 4.16. The number of carboxylic acids is 1. The van der Waals surface area contributed by atoms with Crippen LogP contribution in [0.15, 0.2) is 12.4 Å². The van der Waals surface area contributed by atoms with Crippen molar-refractivity contribution in [2.24, 2.45) is 0 Å². The number of hydrogen-bond acceptors (Lipinski definition) is 7. The minimum absolute atomic E-state index is 0.0898. The monoisotopic (exact) mass is 250 g/mol. The van der Waals surface area contributed by atoms with Crippen molar-refractivity contribution in [3.63, 3.8) is 0 Å². The third-order valence-electron chi connectivity index (χ3n) is 1.91. The van der Waals surface area contributed by atoms with Crippen LogP contribution in [-0.4, -0.2) is 40.7 Å². The van der Waals surface area contributed by atoms with Gasteiger partial charge in [-0.1, -0.05) is 4.98 Å². The van der Waals surface area contributed by atoms with Crippen LogP contribution in [0.1, 0.15) is 16.2 Å². The maximum atomic E-state index is 10.8. The summed E-state index contributed by atoms with van der Waals surface area (Å²) in [6.07, 6.45) is 1.04. The van der Waals surface area contributed by atoms with Crippen molar-refractivity contribution in [1.82, 2.24) is 24.7 Å². The molecule has 0 amide bonds. The number of hydrogen-bond donors (Lipinski definition) is 1. The Hall–Kier alpha value is -2.91. The summed E-state index contributed by atoms with van der Waals surface area (Å²) in [4.78, 5) is 31.5. The van der Waals surface area contributed by atoms with Gasteiger partial charge in [-0.05, 0) is 17.9 Å². The van der Waals surface area contributed by atoms with Crippen molar-refractivity contribution in [3.05, 3.63) is 33.9 Å². The van der Waals surface area contributed by atoms with Crippen LogP contribution in [-0.2, 0) is 0 Å². The molecular formula is C8H6N6O4. The SMILES string of the molecule is Cc1cc(C(=O)O)nc(-n2cnc([N+](=O)[O-])n2)n1. The fourth-order valence-electron chi connectivity index (χ4n) is 1.20. The van der Waals surface area contributed by atoms with Crippen molar-refractivity contribution < 1.29 is 14.8 Å². The molecule has 0 fully saturated rings. The Balaban J connectivity index is 2.49. The summed E-state index contributed by atoms with van der Waals surface area (Å²) >= 11 is 0. The smallest absolute Gasteiger partial charge is 0.477 e. The van der Waals surface area contributed by atoms with Crippen molar-refractivity contribution in [2.45, 2.75) is 6.92 Å². The predicted octanol–water partition coefficient (Wildman–Crippen LogP) is -0.0279. The van der Waals surface area contributed by atoms with Gasteiger partial charge in [0.2, 0.25) is 6.33 Å². The molecule has 18 heavy (non-hydrogen) atoms. The lowest BCUT2D eigenvalue weighted by Gasteiger charge is -1.99. The average molecular weight is 250 g/mol. The first-order valence-electron chi connectivity index (χ1n) is 4.63. The first-order valence-corrected chi connectivity index (χ1v) is 4.63. The Bertz CT molecular complexity index is 636. The highest BCUT2D eigenvalue weighted by atomic mass is 16.6. The molecule has 1 N–H and O–H groups in total. The number of carbonyl (C=O) groups is 1. The molecule has 92 valence electrons. The summed E-state index contributed by atoms with van der Waals surface area (Å²) in [5.74, 6) is -1.93. The summed E-state index contributed by atoms with van der Waals surface area (Å²) in [5, 5.41) is 22.8. The molecule has 2 aromatic rings. The third kappa shape index (κ3) is 2.11. The van der Waals surface area contributed by atoms with Gasteiger partial charge in [0.1, 0.15) is 0 Å². The molecule has 0 radical (unpaired) electrons. The third-order valence-corrected chi connectivity index (χ3v) is 1.91. The van der Waals surface area contributed by atoms with Gasteiger partial charge in [0.25, 0.3) is 5.95 Å². The van der Waals surface area contributed by atoms with Crippen molar-refractivity contribution in [1.29, 1.82) is 0 Å². The van der Waals surface area contributed by atoms with Crippen LogP contribution in [0.4, 0.5) is 5.95 Å². The molecule has 0 spiro atoms. The molecule has 2 aromatic heterocycles. The molecule has 0 aliphatic rings. The number of nitrogens with zero attached hydrogens (tertiary/aromatic N) is 6. The highest BCUT2D eigenvalue weighted by molar-refractivity contribution is 5.85. The topological polar surface area (TPSA) is 137 Å². The number of rotatable bonds is 3. The highest BCUT2D eigenvalue weighted by Crippen LogP contribution is 2.07. The van der Waals surface area contributed by atoms with E-state index in [1.165, 1.54) is 6.07 Å². The minimum atomic E-state index is -1.23. The zero-order valence-electron chi connectivity index (χ0n) is 9.01. The van der Waals surface area contributed by atoms with Gasteiger partial charge in [-0.25, -0.2) is 14.8 Å². The van der Waals surface area contributed by atoms with E-state index in [1.54, 1.807) is 6.92 Å². The average Bonchev–Trinajstić information content (AvgIpc) is 2.77. The zero-order valence-corrected chi connectivity index (χ0v) is 9.01. The number of aromatic carboxylic acids is 1. The van der Waals surface area contributed by atoms with Gasteiger partial charge >= 0.3 is 11.9 Å². The van der Waals surface area contributed by atoms with Gasteiger partial charge in [-0.2, -0.15) is 0 Å². The Morgan fingerprint density at radius 2 is 2.22 bits per heavy atom. The Morgan fingerprint density at radius 3 is 2.78 bits per heavy atom. The van der Waals surface area contributed by atoms with Crippen LogP contribution in [0.3, 0.4) is 0 Å². The van der Waals surface area contributed by atoms with E-state index < -0.39 is 16.8 Å². The van der Waals surface area contributed by atoms with Gasteiger partial charge in [0, 0.05) is 10.8 Å². The van der Waals surface area contributed by atoms with Crippen LogP contribution in [0, 0.1) is 17.0 Å². The summed E-state index contributed by atoms with van der Waals surface area (Å²) in [7, 11) is 0. The fraction of sp³-hybridized carbons (Fsp3) is 0.125. The number of nitro groups is 1. The lowest BCUT2D eigenvalue weighted by atomic mass is 10.3. The molecule has 0 unspecified atom stereocenters. The lowest BCUT2D eigenvalue weighted by molar-refractivity contribution is -0.394. The molecule has 0 saturated carbocycles. The second-order valence-corrected chi connectivity index (χ2v) is 3.25. The van der Waals surface area contributed by atoms with Gasteiger partial charge < -0.3 is 15.2 Å². The largest absolute Gasteiger partial charge is 0.491 e. The van der Waals surface area contributed by atoms with Crippen molar-refractivity contribution in [2.75, 3.05) is 0 Å². The van der Waals surface area contributed by atoms with Crippen LogP contribution < -0.4 is 0 Å². The van der Waals surface area contributed by atoms with Crippen molar-refractivity contribution >= 4 is 11.9 Å². The van der Waals surface area contributed by atoms with E-state index in [0.29, 0.717) is 5.69 Å². The summed E-state index contributed by atoms with van der Waals surface area (Å²) < 4.78 is 0.942. The van der Waals surface area contributed by atoms with Crippen LogP contribution in [0.5, 0.6) is 0 Å².